The highest BCUT2D eigenvalue weighted by Gasteiger charge is 2.44. The Morgan fingerprint density at radius 3 is 2.80 bits per heavy atom. The van der Waals surface area contributed by atoms with Crippen LogP contribution in [0.4, 0.5) is 21.8 Å². The number of nitrogens with two attached hydrogens (primary N) is 1. The van der Waals surface area contributed by atoms with Crippen molar-refractivity contribution in [2.75, 3.05) is 29.7 Å². The van der Waals surface area contributed by atoms with E-state index < -0.39 is 11.5 Å². The van der Waals surface area contributed by atoms with Crippen LogP contribution in [-0.2, 0) is 4.79 Å². The highest BCUT2D eigenvalue weighted by Crippen LogP contribution is 2.37. The molecule has 10 heteroatoms. The average molecular weight is 416 g/mol. The Balaban J connectivity index is 1.43. The van der Waals surface area contributed by atoms with Crippen LogP contribution in [0.3, 0.4) is 0 Å². The van der Waals surface area contributed by atoms with E-state index in [1.807, 2.05) is 25.8 Å². The van der Waals surface area contributed by atoms with Gasteiger partial charge in [-0.3, -0.25) is 10.5 Å². The van der Waals surface area contributed by atoms with Crippen molar-refractivity contribution >= 4 is 23.4 Å². The number of hydrogen-bond donors (Lipinski definition) is 3. The van der Waals surface area contributed by atoms with Gasteiger partial charge in [-0.15, -0.1) is 0 Å². The maximum atomic E-state index is 13.6. The van der Waals surface area contributed by atoms with Crippen molar-refractivity contribution in [1.82, 2.24) is 9.97 Å². The number of aromatic nitrogens is 2. The van der Waals surface area contributed by atoms with Crippen LogP contribution in [0.15, 0.2) is 18.2 Å². The molecule has 0 spiro atoms. The van der Waals surface area contributed by atoms with Crippen molar-refractivity contribution in [3.63, 3.8) is 0 Å². The molecule has 1 aliphatic carbocycles. The van der Waals surface area contributed by atoms with Crippen molar-refractivity contribution in [2.24, 2.45) is 5.73 Å². The predicted molar refractivity (Wildman–Crippen MR) is 110 cm³/mol. The summed E-state index contributed by atoms with van der Waals surface area (Å²) in [6, 6.07) is 3.99. The maximum Gasteiger partial charge on any atom is 0.246 e. The number of nitrogens with zero attached hydrogens (tertiary/aromatic N) is 3. The topological polar surface area (TPSA) is 115 Å². The summed E-state index contributed by atoms with van der Waals surface area (Å²) in [5.41, 5.74) is 6.75. The molecule has 4 N–H and O–H groups in total. The summed E-state index contributed by atoms with van der Waals surface area (Å²) in [5.74, 6) is 1.15. The summed E-state index contributed by atoms with van der Waals surface area (Å²) in [4.78, 5) is 22.9. The Kier molecular flexibility index (Phi) is 4.89. The first-order valence-electron chi connectivity index (χ1n) is 9.69. The van der Waals surface area contributed by atoms with Gasteiger partial charge in [0.2, 0.25) is 11.9 Å². The molecule has 1 aliphatic heterocycles. The minimum absolute atomic E-state index is 0.0238. The van der Waals surface area contributed by atoms with E-state index in [1.54, 1.807) is 0 Å². The summed E-state index contributed by atoms with van der Waals surface area (Å²) in [6.07, 6.45) is 1.05. The minimum atomic E-state index is -0.872. The van der Waals surface area contributed by atoms with Crippen LogP contribution < -0.4 is 30.7 Å². The van der Waals surface area contributed by atoms with E-state index in [4.69, 9.17) is 15.2 Å². The molecule has 1 atom stereocenters. The first-order chi connectivity index (χ1) is 14.2. The van der Waals surface area contributed by atoms with E-state index >= 15 is 0 Å². The van der Waals surface area contributed by atoms with Crippen LogP contribution in [-0.4, -0.2) is 47.8 Å². The smallest absolute Gasteiger partial charge is 0.246 e. The van der Waals surface area contributed by atoms with E-state index in [0.29, 0.717) is 41.7 Å². The van der Waals surface area contributed by atoms with Gasteiger partial charge in [0.05, 0.1) is 12.8 Å². The number of hydrogen-bond acceptors (Lipinski definition) is 8. The van der Waals surface area contributed by atoms with Gasteiger partial charge < -0.3 is 25.0 Å². The average Bonchev–Trinajstić information content (AvgIpc) is 2.67. The van der Waals surface area contributed by atoms with Gasteiger partial charge in [0.15, 0.2) is 23.1 Å². The number of halogens is 1. The number of nitrogens with one attached hydrogen (secondary N) is 2. The lowest BCUT2D eigenvalue weighted by Gasteiger charge is -2.44. The molecule has 30 heavy (non-hydrogen) atoms. The van der Waals surface area contributed by atoms with Gasteiger partial charge in [0.25, 0.3) is 0 Å². The number of carbonyl (C=O) groups excluding carboxylic acids is 1. The third kappa shape index (κ3) is 3.58. The number of methoxy groups -OCH3 is 1. The third-order valence-corrected chi connectivity index (χ3v) is 5.57. The van der Waals surface area contributed by atoms with Crippen LogP contribution in [0.25, 0.3) is 0 Å². The van der Waals surface area contributed by atoms with Gasteiger partial charge in [-0.1, -0.05) is 0 Å². The fourth-order valence-electron chi connectivity index (χ4n) is 3.69. The monoisotopic (exact) mass is 416 g/mol. The number of ether oxygens (including phenoxy) is 2. The Morgan fingerprint density at radius 1 is 1.37 bits per heavy atom. The van der Waals surface area contributed by atoms with Crippen LogP contribution >= 0.6 is 0 Å². The number of amides is 1. The molecule has 0 bridgehead atoms. The molecule has 1 aromatic heterocycles. The van der Waals surface area contributed by atoms with E-state index in [0.717, 1.165) is 0 Å². The molecule has 1 aromatic carbocycles. The van der Waals surface area contributed by atoms with Crippen molar-refractivity contribution in [3.8, 4) is 11.5 Å². The van der Waals surface area contributed by atoms with Gasteiger partial charge in [-0.25, -0.2) is 9.37 Å². The minimum Gasteiger partial charge on any atom is -0.494 e. The third-order valence-electron chi connectivity index (χ3n) is 5.57. The fraction of sp³-hybridized carbons (Fsp3) is 0.450. The van der Waals surface area contributed by atoms with E-state index in [9.17, 15) is 9.18 Å². The Labute approximate surface area is 173 Å². The SMILES string of the molecule is COc1cc(OC2(N)CC(Nc3nc(C)c4c(n3)N(C)[C@@H](C)C(=O)N4)C2)ccc1F. The van der Waals surface area contributed by atoms with Crippen LogP contribution in [0.2, 0.25) is 0 Å². The van der Waals surface area contributed by atoms with E-state index in [-0.39, 0.29) is 23.7 Å². The standard InChI is InChI=1S/C20H25FN6O3/c1-10-16-17(27(3)11(2)18(28)25-16)26-19(23-10)24-12-8-20(22,9-12)30-13-5-6-14(21)15(7-13)29-4/h5-7,11-12H,8-9,22H2,1-4H3,(H,25,28)(H,23,24,26)/t11-,12?,20?/m0/s1. The fourth-order valence-corrected chi connectivity index (χ4v) is 3.69. The second kappa shape index (κ2) is 7.28. The lowest BCUT2D eigenvalue weighted by atomic mass is 9.83. The highest BCUT2D eigenvalue weighted by molar-refractivity contribution is 6.03. The van der Waals surface area contributed by atoms with Crippen LogP contribution in [0.1, 0.15) is 25.5 Å². The van der Waals surface area contributed by atoms with Gasteiger partial charge in [-0.05, 0) is 26.0 Å². The van der Waals surface area contributed by atoms with Gasteiger partial charge in [0, 0.05) is 32.0 Å². The molecule has 9 nitrogen and oxygen atoms in total. The van der Waals surface area contributed by atoms with Gasteiger partial charge in [-0.2, -0.15) is 4.98 Å². The number of likely N-dealkylation sites (N-methyl/N-ethyl adjacent to an activating group) is 1. The molecule has 1 fully saturated rings. The Bertz CT molecular complexity index is 995. The number of aryl methyl sites for hydroxylation is 1. The zero-order valence-electron chi connectivity index (χ0n) is 17.3. The number of carbonyl (C=O) groups is 1. The summed E-state index contributed by atoms with van der Waals surface area (Å²) < 4.78 is 24.4. The number of fused-ring (bicyclic) bond motifs is 1. The molecule has 2 aromatic rings. The molecule has 160 valence electrons. The summed E-state index contributed by atoms with van der Waals surface area (Å²) in [7, 11) is 3.23. The molecule has 0 unspecified atom stereocenters. The van der Waals surface area contributed by atoms with Crippen molar-refractivity contribution < 1.29 is 18.7 Å². The first kappa shape index (κ1) is 20.1. The lowest BCUT2D eigenvalue weighted by molar-refractivity contribution is -0.117. The summed E-state index contributed by atoms with van der Waals surface area (Å²) in [6.45, 7) is 3.65. The van der Waals surface area contributed by atoms with Gasteiger partial charge >= 0.3 is 0 Å². The second-order valence-electron chi connectivity index (χ2n) is 7.82. The lowest BCUT2D eigenvalue weighted by Crippen LogP contribution is -2.61. The van der Waals surface area contributed by atoms with Crippen molar-refractivity contribution in [1.29, 1.82) is 0 Å². The molecule has 0 radical (unpaired) electrons. The zero-order chi connectivity index (χ0) is 21.6. The second-order valence-corrected chi connectivity index (χ2v) is 7.82. The van der Waals surface area contributed by atoms with E-state index in [2.05, 4.69) is 20.6 Å². The van der Waals surface area contributed by atoms with Crippen molar-refractivity contribution in [3.05, 3.63) is 29.7 Å². The van der Waals surface area contributed by atoms with Crippen LogP contribution in [0, 0.1) is 12.7 Å². The molecular weight excluding hydrogens is 391 g/mol. The predicted octanol–water partition coefficient (Wildman–Crippen LogP) is 2.02. The normalized spacial score (nSPS) is 25.1. The maximum absolute atomic E-state index is 13.6. The number of benzene rings is 1. The largest absolute Gasteiger partial charge is 0.494 e. The van der Waals surface area contributed by atoms with Crippen LogP contribution in [0.5, 0.6) is 11.5 Å². The zero-order valence-corrected chi connectivity index (χ0v) is 17.3. The molecular formula is C20H25FN6O3. The Morgan fingerprint density at radius 2 is 2.10 bits per heavy atom. The molecule has 1 amide bonds. The quantitative estimate of drug-likeness (QED) is 0.634. The number of rotatable bonds is 5. The molecule has 4 rings (SSSR count). The summed E-state index contributed by atoms with van der Waals surface area (Å²) >= 11 is 0. The molecule has 2 heterocycles. The first-order valence-corrected chi connectivity index (χ1v) is 9.69. The summed E-state index contributed by atoms with van der Waals surface area (Å²) in [5, 5.41) is 6.14. The number of anilines is 3. The van der Waals surface area contributed by atoms with E-state index in [1.165, 1.54) is 25.3 Å². The molecule has 1 saturated carbocycles. The van der Waals surface area contributed by atoms with Gasteiger partial charge in [0.1, 0.15) is 17.5 Å². The molecule has 2 aliphatic rings. The van der Waals surface area contributed by atoms with Crippen molar-refractivity contribution in [2.45, 2.75) is 44.5 Å². The highest BCUT2D eigenvalue weighted by atomic mass is 19.1. The molecule has 0 saturated heterocycles. The Hall–Kier alpha value is -3.14.